The molecule has 0 unspecified atom stereocenters. The van der Waals surface area contributed by atoms with Crippen LogP contribution in [0.2, 0.25) is 0 Å². The lowest BCUT2D eigenvalue weighted by Gasteiger charge is -2.39. The molecule has 0 radical (unpaired) electrons. The van der Waals surface area contributed by atoms with Crippen molar-refractivity contribution in [2.45, 2.75) is 128 Å². The number of aromatic nitrogens is 6. The highest BCUT2D eigenvalue weighted by molar-refractivity contribution is 14.1. The smallest absolute Gasteiger partial charge is 0.398 e. The molecule has 6 N–H and O–H groups in total. The van der Waals surface area contributed by atoms with Crippen LogP contribution >= 0.6 is 22.6 Å². The number of nitrogens with zero attached hydrogens (tertiary/aromatic N) is 4. The molecule has 3 aliphatic heterocycles. The molecule has 66 heavy (non-hydrogen) atoms. The Morgan fingerprint density at radius 3 is 1.62 bits per heavy atom. The molecule has 4 aromatic heterocycles. The van der Waals surface area contributed by atoms with E-state index >= 15 is 0 Å². The van der Waals surface area contributed by atoms with E-state index in [1.54, 1.807) is 29.3 Å². The molecule has 6 aromatic rings. The monoisotopic (exact) mass is 1010 g/mol. The Morgan fingerprint density at radius 2 is 1.14 bits per heavy atom. The first kappa shape index (κ1) is 45.7. The Balaban J connectivity index is 0.000000128. The molecular formula is C48H58BIN10O6. The number of fused-ring (bicyclic) bond motifs is 4. The molecule has 1 saturated heterocycles. The zero-order chi connectivity index (χ0) is 47.2. The summed E-state index contributed by atoms with van der Waals surface area (Å²) in [6.07, 6.45) is 6.82. The van der Waals surface area contributed by atoms with Gasteiger partial charge in [0.2, 0.25) is 11.9 Å². The van der Waals surface area contributed by atoms with Crippen molar-refractivity contribution in [3.05, 3.63) is 95.3 Å². The first-order valence-corrected chi connectivity index (χ1v) is 23.8. The van der Waals surface area contributed by atoms with Gasteiger partial charge >= 0.3 is 7.12 Å². The number of para-hydroxylation sites is 2. The molecule has 346 valence electrons. The molecule has 0 spiro atoms. The molecule has 18 heteroatoms. The average Bonchev–Trinajstić information content (AvgIpc) is 4.04. The van der Waals surface area contributed by atoms with Crippen LogP contribution in [-0.4, -0.2) is 70.3 Å². The number of amides is 2. The molecule has 3 fully saturated rings. The van der Waals surface area contributed by atoms with Crippen molar-refractivity contribution < 1.29 is 18.9 Å². The maximum atomic E-state index is 13.0. The highest BCUT2D eigenvalue weighted by Gasteiger charge is 2.53. The SMILES string of the molecule is C[C@H]1NC(=O)c2cc(-c3cccc4c(=O)n(C)c(NC5(C)CCC5)nc34)[nH]c21.C[C@H]1NC(=O)c2cc(B3OC(C)(C)C(C)(C)O3)[nH]c21.Cn1c(NC2(C)CCC2)nc2c(I)cccc2c1=O. The second-order valence-corrected chi connectivity index (χ2v) is 21.2. The predicted octanol–water partition coefficient (Wildman–Crippen LogP) is 7.10. The number of aromatic amines is 2. The van der Waals surface area contributed by atoms with Gasteiger partial charge in [-0.05, 0) is 147 Å². The molecule has 16 nitrogen and oxygen atoms in total. The van der Waals surface area contributed by atoms with Crippen LogP contribution in [-0.2, 0) is 23.4 Å². The van der Waals surface area contributed by atoms with Gasteiger partial charge in [-0.3, -0.25) is 28.3 Å². The van der Waals surface area contributed by atoms with Gasteiger partial charge in [-0.25, -0.2) is 9.97 Å². The van der Waals surface area contributed by atoms with Crippen molar-refractivity contribution in [1.29, 1.82) is 0 Å². The van der Waals surface area contributed by atoms with Gasteiger partial charge in [0.05, 0.1) is 61.9 Å². The van der Waals surface area contributed by atoms with Crippen molar-refractivity contribution >= 4 is 80.8 Å². The zero-order valence-electron chi connectivity index (χ0n) is 39.2. The standard InChI is InChI=1S/C21H23N5O2.C14H16IN3O.C13H19BN2O3/c1-11-16-14(18(27)22-11)10-15(23-16)12-6-4-7-13-17(12)24-20(26(3)19(13)28)25-21(2)8-5-9-21;1-14(7-4-8-14)17-13-16-11-9(12(19)18(13)2)5-3-6-10(11)15;1-7-10-8(11(17)15-7)6-9(16-10)14-18-12(2,3)13(4,5)19-14/h4,6-7,10-11,23H,5,8-9H2,1-3H3,(H,22,27)(H,24,25);3,5-6H,4,7-8H2,1-2H3,(H,16,17);6-7,16H,1-5H3,(H,15,17)/t11-;;7-/m1.1/s1. The molecule has 2 aromatic carbocycles. The van der Waals surface area contributed by atoms with Crippen LogP contribution in [0.15, 0.2) is 58.1 Å². The summed E-state index contributed by atoms with van der Waals surface area (Å²) in [4.78, 5) is 65.3. The van der Waals surface area contributed by atoms with Crippen LogP contribution in [0.3, 0.4) is 0 Å². The number of halogens is 1. The summed E-state index contributed by atoms with van der Waals surface area (Å²) in [5.74, 6) is 1.14. The summed E-state index contributed by atoms with van der Waals surface area (Å²) >= 11 is 2.23. The lowest BCUT2D eigenvalue weighted by Crippen LogP contribution is -2.43. The summed E-state index contributed by atoms with van der Waals surface area (Å²) in [6.45, 7) is 16.3. The fourth-order valence-corrected chi connectivity index (χ4v) is 9.77. The van der Waals surface area contributed by atoms with Gasteiger partial charge in [0.1, 0.15) is 0 Å². The second kappa shape index (κ2) is 16.4. The molecule has 2 amide bonds. The van der Waals surface area contributed by atoms with E-state index in [4.69, 9.17) is 14.3 Å². The fraction of sp³-hybridized carbons (Fsp3) is 0.458. The minimum atomic E-state index is -0.449. The van der Waals surface area contributed by atoms with E-state index in [1.165, 1.54) is 12.8 Å². The Morgan fingerprint density at radius 1 is 0.667 bits per heavy atom. The minimum absolute atomic E-state index is 0.00828. The normalized spacial score (nSPS) is 21.3. The summed E-state index contributed by atoms with van der Waals surface area (Å²) < 4.78 is 16.1. The van der Waals surface area contributed by atoms with E-state index in [-0.39, 0.29) is 57.3 Å². The Bertz CT molecular complexity index is 3050. The van der Waals surface area contributed by atoms with Crippen LogP contribution in [0, 0.1) is 3.57 Å². The van der Waals surface area contributed by atoms with E-state index in [9.17, 15) is 19.2 Å². The second-order valence-electron chi connectivity index (χ2n) is 20.1. The van der Waals surface area contributed by atoms with Gasteiger partial charge in [0.25, 0.3) is 22.9 Å². The van der Waals surface area contributed by atoms with Crippen LogP contribution < -0.4 is 38.0 Å². The Hall–Kier alpha value is -5.47. The van der Waals surface area contributed by atoms with Crippen molar-refractivity contribution in [3.8, 4) is 11.3 Å². The number of rotatable bonds is 6. The molecule has 7 heterocycles. The Labute approximate surface area is 397 Å². The van der Waals surface area contributed by atoms with Crippen LogP contribution in [0.5, 0.6) is 0 Å². The van der Waals surface area contributed by atoms with Crippen molar-refractivity contribution in [1.82, 2.24) is 39.7 Å². The van der Waals surface area contributed by atoms with Gasteiger partial charge in [-0.15, -0.1) is 0 Å². The molecule has 2 saturated carbocycles. The lowest BCUT2D eigenvalue weighted by molar-refractivity contribution is 0.00578. The van der Waals surface area contributed by atoms with Gasteiger partial charge < -0.3 is 40.5 Å². The van der Waals surface area contributed by atoms with Crippen molar-refractivity contribution in [3.63, 3.8) is 0 Å². The number of hydrogen-bond donors (Lipinski definition) is 6. The Kier molecular flexibility index (Phi) is 11.3. The summed E-state index contributed by atoms with van der Waals surface area (Å²) in [5.41, 5.74) is 6.26. The van der Waals surface area contributed by atoms with E-state index in [1.807, 2.05) is 84.0 Å². The molecular weight excluding hydrogens is 950 g/mol. The number of carbonyl (C=O) groups excluding carboxylic acids is 2. The summed E-state index contributed by atoms with van der Waals surface area (Å²) in [7, 11) is 3.08. The lowest BCUT2D eigenvalue weighted by atomic mass is 9.79. The number of nitrogens with one attached hydrogen (secondary N) is 6. The van der Waals surface area contributed by atoms with Crippen LogP contribution in [0.25, 0.3) is 33.1 Å². The number of carbonyl (C=O) groups is 2. The number of H-pyrrole nitrogens is 2. The summed E-state index contributed by atoms with van der Waals surface area (Å²) in [5, 5.41) is 13.9. The van der Waals surface area contributed by atoms with E-state index in [0.29, 0.717) is 39.3 Å². The quantitative estimate of drug-likeness (QED) is 0.0739. The average molecular weight is 1010 g/mol. The van der Waals surface area contributed by atoms with Crippen LogP contribution in [0.4, 0.5) is 11.9 Å². The molecule has 5 aliphatic rings. The largest absolute Gasteiger partial charge is 0.512 e. The third-order valence-electron chi connectivity index (χ3n) is 14.5. The van der Waals surface area contributed by atoms with E-state index < -0.39 is 7.12 Å². The van der Waals surface area contributed by atoms with E-state index in [2.05, 4.69) is 72.7 Å². The zero-order valence-corrected chi connectivity index (χ0v) is 41.4. The third kappa shape index (κ3) is 8.01. The number of anilines is 2. The number of benzene rings is 2. The van der Waals surface area contributed by atoms with Gasteiger partial charge in [0, 0.05) is 51.3 Å². The number of hydrogen-bond acceptors (Lipinski definition) is 10. The molecule has 0 bridgehead atoms. The fourth-order valence-electron chi connectivity index (χ4n) is 9.16. The van der Waals surface area contributed by atoms with E-state index in [0.717, 1.165) is 63.0 Å². The highest BCUT2D eigenvalue weighted by atomic mass is 127. The van der Waals surface area contributed by atoms with Gasteiger partial charge in [-0.1, -0.05) is 18.2 Å². The van der Waals surface area contributed by atoms with Gasteiger partial charge in [-0.2, -0.15) is 0 Å². The first-order chi connectivity index (χ1) is 31.1. The topological polar surface area (TPSA) is 202 Å². The van der Waals surface area contributed by atoms with Crippen molar-refractivity contribution in [2.24, 2.45) is 14.1 Å². The van der Waals surface area contributed by atoms with Crippen molar-refractivity contribution in [2.75, 3.05) is 10.6 Å². The predicted molar refractivity (Wildman–Crippen MR) is 267 cm³/mol. The molecule has 2 aliphatic carbocycles. The molecule has 2 atom stereocenters. The summed E-state index contributed by atoms with van der Waals surface area (Å²) in [6, 6.07) is 14.9. The maximum absolute atomic E-state index is 13.0. The minimum Gasteiger partial charge on any atom is -0.398 e. The molecule has 11 rings (SSSR count). The van der Waals surface area contributed by atoms with Gasteiger partial charge in [0.15, 0.2) is 0 Å². The maximum Gasteiger partial charge on any atom is 0.512 e. The third-order valence-corrected chi connectivity index (χ3v) is 15.3. The first-order valence-electron chi connectivity index (χ1n) is 22.7. The highest BCUT2D eigenvalue weighted by Crippen LogP contribution is 2.38. The van der Waals surface area contributed by atoms with Crippen LogP contribution in [0.1, 0.15) is 138 Å².